The Morgan fingerprint density at radius 1 is 0.818 bits per heavy atom. The summed E-state index contributed by atoms with van der Waals surface area (Å²) in [6.07, 6.45) is 26.7. The molecule has 4 saturated carbocycles. The van der Waals surface area contributed by atoms with Crippen molar-refractivity contribution in [1.29, 1.82) is 0 Å². The Balaban J connectivity index is 0.000000914. The van der Waals surface area contributed by atoms with E-state index < -0.39 is 0 Å². The zero-order valence-electron chi connectivity index (χ0n) is 23.0. The maximum atomic E-state index is 5.35. The summed E-state index contributed by atoms with van der Waals surface area (Å²) in [7, 11) is 0. The molecule has 0 spiro atoms. The van der Waals surface area contributed by atoms with Gasteiger partial charge in [-0.3, -0.25) is 0 Å². The van der Waals surface area contributed by atoms with Crippen molar-refractivity contribution in [1.82, 2.24) is 0 Å². The number of fused-ring (bicyclic) bond motifs is 5. The molecule has 0 bridgehead atoms. The number of terminal acetylenes is 1. The fourth-order valence-electron chi connectivity index (χ4n) is 9.14. The third-order valence-corrected chi connectivity index (χ3v) is 10.6. The van der Waals surface area contributed by atoms with E-state index in [0.717, 1.165) is 61.6 Å². The van der Waals surface area contributed by atoms with Crippen LogP contribution in [-0.4, -0.2) is 13.2 Å². The van der Waals surface area contributed by atoms with Gasteiger partial charge in [-0.1, -0.05) is 54.4 Å². The number of hydrogen-bond donors (Lipinski definition) is 0. The average molecular weight is 461 g/mol. The highest BCUT2D eigenvalue weighted by Crippen LogP contribution is 2.68. The second kappa shape index (κ2) is 13.5. The molecule has 0 aromatic rings. The molecular weight excluding hydrogens is 404 g/mol. The van der Waals surface area contributed by atoms with Crippen LogP contribution < -0.4 is 0 Å². The second-order valence-corrected chi connectivity index (χ2v) is 11.9. The molecule has 33 heavy (non-hydrogen) atoms. The van der Waals surface area contributed by atoms with Crippen molar-refractivity contribution >= 4 is 0 Å². The van der Waals surface area contributed by atoms with Crippen LogP contribution in [0.1, 0.15) is 125 Å². The molecule has 2 heteroatoms. The molecule has 4 aliphatic carbocycles. The first-order valence-corrected chi connectivity index (χ1v) is 14.6. The van der Waals surface area contributed by atoms with Crippen LogP contribution in [0.5, 0.6) is 0 Å². The zero-order chi connectivity index (χ0) is 24.5. The molecule has 4 fully saturated rings. The summed E-state index contributed by atoms with van der Waals surface area (Å²) in [5.41, 5.74) is 1.29. The molecule has 0 aromatic heterocycles. The van der Waals surface area contributed by atoms with Crippen molar-refractivity contribution in [3.05, 3.63) is 0 Å². The van der Waals surface area contributed by atoms with Gasteiger partial charge in [0.15, 0.2) is 0 Å². The van der Waals surface area contributed by atoms with Crippen molar-refractivity contribution in [2.45, 2.75) is 125 Å². The molecule has 3 unspecified atom stereocenters. The van der Waals surface area contributed by atoms with Crippen molar-refractivity contribution in [3.8, 4) is 12.8 Å². The van der Waals surface area contributed by atoms with Crippen LogP contribution in [0.25, 0.3) is 0 Å². The van der Waals surface area contributed by atoms with Crippen molar-refractivity contribution in [2.24, 2.45) is 46.3 Å². The maximum Gasteiger partial charge on any atom is 0.0822 e. The smallest absolute Gasteiger partial charge is 0.0822 e. The molecule has 0 saturated heterocycles. The molecular formula is C31H56O2. The van der Waals surface area contributed by atoms with E-state index in [0.29, 0.717) is 10.8 Å². The van der Waals surface area contributed by atoms with E-state index in [-0.39, 0.29) is 0 Å². The SMILES string of the molecule is C#C.CC.CCCOOCCC[C@@H](C)C1CCC2[C@@H]3CC[C@@H]4CCCC[C@]4(C)C3CC[C@@]21C. The fraction of sp³-hybridized carbons (Fsp3) is 0.935. The number of rotatable bonds is 8. The lowest BCUT2D eigenvalue weighted by atomic mass is 9.44. The Hall–Kier alpha value is -0.520. The summed E-state index contributed by atoms with van der Waals surface area (Å²) in [4.78, 5) is 10.6. The highest BCUT2D eigenvalue weighted by atomic mass is 17.2. The lowest BCUT2D eigenvalue weighted by molar-refractivity contribution is -0.295. The maximum absolute atomic E-state index is 5.35. The summed E-state index contributed by atoms with van der Waals surface area (Å²) >= 11 is 0. The Labute approximate surface area is 207 Å². The summed E-state index contributed by atoms with van der Waals surface area (Å²) in [6, 6.07) is 0. The molecule has 4 aliphatic rings. The van der Waals surface area contributed by atoms with Crippen LogP contribution in [-0.2, 0) is 9.78 Å². The summed E-state index contributed by atoms with van der Waals surface area (Å²) < 4.78 is 0. The lowest BCUT2D eigenvalue weighted by Gasteiger charge is -2.61. The summed E-state index contributed by atoms with van der Waals surface area (Å²) in [5.74, 6) is 5.90. The van der Waals surface area contributed by atoms with Gasteiger partial charge < -0.3 is 0 Å². The Morgan fingerprint density at radius 3 is 2.24 bits per heavy atom. The van der Waals surface area contributed by atoms with E-state index in [1.54, 1.807) is 12.8 Å². The van der Waals surface area contributed by atoms with E-state index >= 15 is 0 Å². The van der Waals surface area contributed by atoms with Gasteiger partial charge in [0.2, 0.25) is 0 Å². The van der Waals surface area contributed by atoms with Gasteiger partial charge in [0.25, 0.3) is 0 Å². The van der Waals surface area contributed by atoms with Crippen LogP contribution in [0, 0.1) is 59.2 Å². The fourth-order valence-corrected chi connectivity index (χ4v) is 9.14. The second-order valence-electron chi connectivity index (χ2n) is 11.9. The van der Waals surface area contributed by atoms with E-state index in [4.69, 9.17) is 9.78 Å². The molecule has 0 aliphatic heterocycles. The van der Waals surface area contributed by atoms with Gasteiger partial charge in [0.1, 0.15) is 0 Å². The zero-order valence-corrected chi connectivity index (χ0v) is 23.0. The van der Waals surface area contributed by atoms with Crippen molar-refractivity contribution in [2.75, 3.05) is 13.2 Å². The van der Waals surface area contributed by atoms with Gasteiger partial charge in [0.05, 0.1) is 13.2 Å². The van der Waals surface area contributed by atoms with Gasteiger partial charge in [-0.15, -0.1) is 12.8 Å². The van der Waals surface area contributed by atoms with E-state index in [1.807, 2.05) is 13.8 Å². The molecule has 0 aromatic carbocycles. The van der Waals surface area contributed by atoms with Crippen LogP contribution in [0.3, 0.4) is 0 Å². The van der Waals surface area contributed by atoms with E-state index in [1.165, 1.54) is 57.8 Å². The van der Waals surface area contributed by atoms with Crippen molar-refractivity contribution < 1.29 is 9.78 Å². The minimum Gasteiger partial charge on any atom is -0.237 e. The monoisotopic (exact) mass is 460 g/mol. The first-order chi connectivity index (χ1) is 16.0. The van der Waals surface area contributed by atoms with E-state index in [2.05, 4.69) is 40.5 Å². The molecule has 8 atom stereocenters. The highest BCUT2D eigenvalue weighted by molar-refractivity contribution is 5.09. The highest BCUT2D eigenvalue weighted by Gasteiger charge is 2.59. The van der Waals surface area contributed by atoms with Crippen molar-refractivity contribution in [3.63, 3.8) is 0 Å². The van der Waals surface area contributed by atoms with Gasteiger partial charge >= 0.3 is 0 Å². The van der Waals surface area contributed by atoms with E-state index in [9.17, 15) is 0 Å². The van der Waals surface area contributed by atoms with Gasteiger partial charge in [-0.05, 0) is 117 Å². The normalized spacial score (nSPS) is 40.1. The first kappa shape index (κ1) is 28.7. The molecule has 0 amide bonds. The first-order valence-electron chi connectivity index (χ1n) is 14.6. The summed E-state index contributed by atoms with van der Waals surface area (Å²) in [6.45, 7) is 15.6. The lowest BCUT2D eigenvalue weighted by Crippen LogP contribution is -2.53. The topological polar surface area (TPSA) is 18.5 Å². The molecule has 0 radical (unpaired) electrons. The quantitative estimate of drug-likeness (QED) is 0.156. The van der Waals surface area contributed by atoms with Crippen LogP contribution in [0.4, 0.5) is 0 Å². The Kier molecular flexibility index (Phi) is 11.8. The van der Waals surface area contributed by atoms with Gasteiger partial charge in [-0.25, -0.2) is 9.78 Å². The third kappa shape index (κ3) is 6.01. The van der Waals surface area contributed by atoms with Gasteiger partial charge in [-0.2, -0.15) is 0 Å². The predicted octanol–water partition coefficient (Wildman–Crippen LogP) is 9.09. The Morgan fingerprint density at radius 2 is 1.52 bits per heavy atom. The third-order valence-electron chi connectivity index (χ3n) is 10.6. The molecule has 192 valence electrons. The molecule has 0 N–H and O–H groups in total. The predicted molar refractivity (Wildman–Crippen MR) is 142 cm³/mol. The van der Waals surface area contributed by atoms with Crippen LogP contribution >= 0.6 is 0 Å². The minimum atomic E-state index is 0.609. The van der Waals surface area contributed by atoms with Crippen LogP contribution in [0.2, 0.25) is 0 Å². The van der Waals surface area contributed by atoms with Gasteiger partial charge in [0, 0.05) is 0 Å². The average Bonchev–Trinajstić information content (AvgIpc) is 3.20. The summed E-state index contributed by atoms with van der Waals surface area (Å²) in [5, 5.41) is 0. The minimum absolute atomic E-state index is 0.609. The number of hydrogen-bond acceptors (Lipinski definition) is 2. The Bertz CT molecular complexity index is 571. The molecule has 0 heterocycles. The molecule has 2 nitrogen and oxygen atoms in total. The molecule has 4 rings (SSSR count). The van der Waals surface area contributed by atoms with Crippen LogP contribution in [0.15, 0.2) is 0 Å². The standard InChI is InChI=1S/C27H48O2.C2H6.C2H2/c1-5-18-28-29-19-8-9-20(2)23-13-14-24-22-12-11-21-10-6-7-16-26(21,3)25(22)15-17-27(23,24)4;2*1-2/h20-25H,5-19H2,1-4H3;1-2H3;1-2H/t20-,21+,22+,23?,24?,25?,26+,27-;;/m1../s1. The largest absolute Gasteiger partial charge is 0.237 e.